The van der Waals surface area contributed by atoms with Crippen molar-refractivity contribution < 1.29 is 19.0 Å². The number of carboxylic acid groups (broad SMARTS) is 1. The van der Waals surface area contributed by atoms with Crippen LogP contribution in [-0.2, 0) is 0 Å². The van der Waals surface area contributed by atoms with E-state index in [9.17, 15) is 9.18 Å². The molecule has 1 fully saturated rings. The lowest BCUT2D eigenvalue weighted by atomic mass is 9.96. The van der Waals surface area contributed by atoms with Crippen molar-refractivity contribution in [2.45, 2.75) is 25.4 Å². The largest absolute Gasteiger partial charge is 0.477 e. The third kappa shape index (κ3) is 2.06. The molecule has 0 spiro atoms. The van der Waals surface area contributed by atoms with Crippen LogP contribution < -0.4 is 4.74 Å². The number of aromatic nitrogens is 1. The fourth-order valence-electron chi connectivity index (χ4n) is 1.32. The molecule has 80 valence electrons. The van der Waals surface area contributed by atoms with E-state index >= 15 is 0 Å². The minimum absolute atomic E-state index is 0.00796. The molecule has 0 radical (unpaired) electrons. The van der Waals surface area contributed by atoms with Crippen LogP contribution in [0.4, 0.5) is 4.39 Å². The molecule has 1 aromatic rings. The second-order valence-electron chi connectivity index (χ2n) is 3.48. The molecule has 4 nitrogen and oxygen atoms in total. The number of hydrogen-bond donors (Lipinski definition) is 1. The van der Waals surface area contributed by atoms with E-state index in [0.29, 0.717) is 0 Å². The zero-order valence-corrected chi connectivity index (χ0v) is 7.94. The molecule has 0 saturated heterocycles. The van der Waals surface area contributed by atoms with E-state index in [0.717, 1.165) is 31.5 Å². The highest BCUT2D eigenvalue weighted by atomic mass is 19.1. The Hall–Kier alpha value is -1.65. The van der Waals surface area contributed by atoms with Gasteiger partial charge in [0.25, 0.3) is 0 Å². The molecular weight excluding hydrogens is 201 g/mol. The summed E-state index contributed by atoms with van der Waals surface area (Å²) in [6.45, 7) is 0. The molecule has 0 amide bonds. The van der Waals surface area contributed by atoms with Crippen molar-refractivity contribution in [3.8, 4) is 5.88 Å². The molecule has 1 N–H and O–H groups in total. The fraction of sp³-hybridized carbons (Fsp3) is 0.400. The van der Waals surface area contributed by atoms with Gasteiger partial charge in [-0.25, -0.2) is 14.2 Å². The third-order valence-corrected chi connectivity index (χ3v) is 2.38. The van der Waals surface area contributed by atoms with Gasteiger partial charge in [-0.3, -0.25) is 0 Å². The molecule has 5 heteroatoms. The van der Waals surface area contributed by atoms with E-state index in [1.54, 1.807) is 0 Å². The lowest BCUT2D eigenvalue weighted by Crippen LogP contribution is -2.26. The van der Waals surface area contributed by atoms with E-state index in [-0.39, 0.29) is 17.5 Å². The maximum atomic E-state index is 12.8. The average molecular weight is 211 g/mol. The number of ether oxygens (including phenoxy) is 1. The van der Waals surface area contributed by atoms with Gasteiger partial charge >= 0.3 is 5.97 Å². The number of rotatable bonds is 3. The smallest absolute Gasteiger partial charge is 0.341 e. The Morgan fingerprint density at radius 1 is 1.60 bits per heavy atom. The zero-order valence-electron chi connectivity index (χ0n) is 7.94. The van der Waals surface area contributed by atoms with Crippen LogP contribution in [0, 0.1) is 5.82 Å². The Balaban J connectivity index is 2.23. The minimum Gasteiger partial charge on any atom is -0.477 e. The van der Waals surface area contributed by atoms with Crippen LogP contribution in [0.2, 0.25) is 0 Å². The SMILES string of the molecule is O=C(O)c1cc(F)cnc1OC1CCC1. The fourth-order valence-corrected chi connectivity index (χ4v) is 1.32. The second kappa shape index (κ2) is 3.84. The summed E-state index contributed by atoms with van der Waals surface area (Å²) in [6.07, 6.45) is 3.87. The van der Waals surface area contributed by atoms with Crippen molar-refractivity contribution in [2.24, 2.45) is 0 Å². The van der Waals surface area contributed by atoms with Crippen molar-refractivity contribution in [1.82, 2.24) is 4.98 Å². The van der Waals surface area contributed by atoms with E-state index in [2.05, 4.69) is 4.98 Å². The lowest BCUT2D eigenvalue weighted by Gasteiger charge is -2.26. The highest BCUT2D eigenvalue weighted by molar-refractivity contribution is 5.90. The summed E-state index contributed by atoms with van der Waals surface area (Å²) in [4.78, 5) is 14.4. The Bertz CT molecular complexity index is 390. The van der Waals surface area contributed by atoms with Crippen LogP contribution in [0.3, 0.4) is 0 Å². The van der Waals surface area contributed by atoms with Crippen molar-refractivity contribution in [1.29, 1.82) is 0 Å². The van der Waals surface area contributed by atoms with Gasteiger partial charge in [-0.05, 0) is 25.3 Å². The van der Waals surface area contributed by atoms with E-state index < -0.39 is 11.8 Å². The first kappa shape index (κ1) is 9.89. The number of carbonyl (C=O) groups is 1. The van der Waals surface area contributed by atoms with Gasteiger partial charge in [0.2, 0.25) is 5.88 Å². The summed E-state index contributed by atoms with van der Waals surface area (Å²) in [7, 11) is 0. The number of halogens is 1. The number of nitrogens with zero attached hydrogens (tertiary/aromatic N) is 1. The molecule has 0 aliphatic heterocycles. The Labute approximate surface area is 85.7 Å². The molecule has 1 aliphatic rings. The molecule has 0 bridgehead atoms. The Kier molecular flexibility index (Phi) is 2.53. The van der Waals surface area contributed by atoms with Gasteiger partial charge in [-0.2, -0.15) is 0 Å². The first-order chi connectivity index (χ1) is 7.16. The summed E-state index contributed by atoms with van der Waals surface area (Å²) in [5.74, 6) is -1.89. The van der Waals surface area contributed by atoms with E-state index in [4.69, 9.17) is 9.84 Å². The van der Waals surface area contributed by atoms with Gasteiger partial charge < -0.3 is 9.84 Å². The van der Waals surface area contributed by atoms with Crippen LogP contribution >= 0.6 is 0 Å². The predicted molar refractivity (Wildman–Crippen MR) is 49.4 cm³/mol. The highest BCUT2D eigenvalue weighted by Crippen LogP contribution is 2.26. The second-order valence-corrected chi connectivity index (χ2v) is 3.48. The number of carboxylic acids is 1. The van der Waals surface area contributed by atoms with Gasteiger partial charge in [0.05, 0.1) is 6.20 Å². The van der Waals surface area contributed by atoms with Gasteiger partial charge in [0.1, 0.15) is 17.5 Å². The zero-order chi connectivity index (χ0) is 10.8. The third-order valence-electron chi connectivity index (χ3n) is 2.38. The average Bonchev–Trinajstić information content (AvgIpc) is 2.12. The summed E-state index contributed by atoms with van der Waals surface area (Å²) in [5.41, 5.74) is -0.220. The quantitative estimate of drug-likeness (QED) is 0.828. The summed E-state index contributed by atoms with van der Waals surface area (Å²) in [5, 5.41) is 8.81. The maximum absolute atomic E-state index is 12.8. The number of aromatic carboxylic acids is 1. The van der Waals surface area contributed by atoms with Gasteiger partial charge in [0.15, 0.2) is 0 Å². The summed E-state index contributed by atoms with van der Waals surface area (Å²) < 4.78 is 18.1. The monoisotopic (exact) mass is 211 g/mol. The number of pyridine rings is 1. The van der Waals surface area contributed by atoms with Gasteiger partial charge in [-0.1, -0.05) is 0 Å². The van der Waals surface area contributed by atoms with E-state index in [1.807, 2.05) is 0 Å². The first-order valence-electron chi connectivity index (χ1n) is 4.72. The molecule has 0 unspecified atom stereocenters. The van der Waals surface area contributed by atoms with Crippen molar-refractivity contribution >= 4 is 5.97 Å². The van der Waals surface area contributed by atoms with Crippen LogP contribution in [-0.4, -0.2) is 22.2 Å². The van der Waals surface area contributed by atoms with Crippen molar-refractivity contribution in [2.75, 3.05) is 0 Å². The summed E-state index contributed by atoms with van der Waals surface area (Å²) in [6, 6.07) is 0.920. The molecule has 2 rings (SSSR count). The van der Waals surface area contributed by atoms with Crippen LogP contribution in [0.1, 0.15) is 29.6 Å². The molecule has 1 heterocycles. The van der Waals surface area contributed by atoms with Crippen molar-refractivity contribution in [3.05, 3.63) is 23.6 Å². The Morgan fingerprint density at radius 3 is 2.87 bits per heavy atom. The molecular formula is C10H10FNO3. The number of hydrogen-bond acceptors (Lipinski definition) is 3. The van der Waals surface area contributed by atoms with Crippen molar-refractivity contribution in [3.63, 3.8) is 0 Å². The highest BCUT2D eigenvalue weighted by Gasteiger charge is 2.23. The van der Waals surface area contributed by atoms with Crippen LogP contribution in [0.25, 0.3) is 0 Å². The summed E-state index contributed by atoms with van der Waals surface area (Å²) >= 11 is 0. The molecule has 1 saturated carbocycles. The van der Waals surface area contributed by atoms with Gasteiger partial charge in [0, 0.05) is 0 Å². The first-order valence-corrected chi connectivity index (χ1v) is 4.72. The molecule has 0 atom stereocenters. The van der Waals surface area contributed by atoms with E-state index in [1.165, 1.54) is 0 Å². The maximum Gasteiger partial charge on any atom is 0.341 e. The van der Waals surface area contributed by atoms with Gasteiger partial charge in [-0.15, -0.1) is 0 Å². The molecule has 1 aromatic heterocycles. The van der Waals surface area contributed by atoms with Crippen LogP contribution in [0.15, 0.2) is 12.3 Å². The minimum atomic E-state index is -1.23. The molecule has 15 heavy (non-hydrogen) atoms. The predicted octanol–water partition coefficient (Wildman–Crippen LogP) is 1.85. The lowest BCUT2D eigenvalue weighted by molar-refractivity contribution is 0.0674. The molecule has 1 aliphatic carbocycles. The standard InChI is InChI=1S/C10H10FNO3/c11-6-4-8(10(13)14)9(12-5-6)15-7-2-1-3-7/h4-5,7H,1-3H2,(H,13,14). The van der Waals surface area contributed by atoms with Crippen LogP contribution in [0.5, 0.6) is 5.88 Å². The Morgan fingerprint density at radius 2 is 2.33 bits per heavy atom. The molecule has 0 aromatic carbocycles. The normalized spacial score (nSPS) is 15.8. The topological polar surface area (TPSA) is 59.4 Å².